The summed E-state index contributed by atoms with van der Waals surface area (Å²) >= 11 is 1.37. The molecule has 5 nitrogen and oxygen atoms in total. The van der Waals surface area contributed by atoms with Crippen LogP contribution in [0, 0.1) is 6.92 Å². The molecule has 1 heterocycles. The second-order valence-corrected chi connectivity index (χ2v) is 8.17. The number of rotatable bonds is 6. The number of nitrogens with one attached hydrogen (secondary N) is 1. The molecule has 0 saturated carbocycles. The largest absolute Gasteiger partial charge is 0.332 e. The molecule has 148 valence electrons. The zero-order valence-corrected chi connectivity index (χ0v) is 17.2. The second-order valence-electron chi connectivity index (χ2n) is 7.18. The molecule has 0 spiro atoms. The summed E-state index contributed by atoms with van der Waals surface area (Å²) in [4.78, 5) is 29.2. The first-order valence-electron chi connectivity index (χ1n) is 9.50. The molecule has 2 aromatic rings. The molecule has 1 saturated heterocycles. The van der Waals surface area contributed by atoms with Gasteiger partial charge in [-0.1, -0.05) is 48.0 Å². The minimum atomic E-state index is -0.0837. The van der Waals surface area contributed by atoms with E-state index in [0.717, 1.165) is 29.9 Å². The van der Waals surface area contributed by atoms with E-state index in [4.69, 9.17) is 0 Å². The smallest absolute Gasteiger partial charge is 0.234 e. The molecule has 2 aromatic carbocycles. The lowest BCUT2D eigenvalue weighted by atomic mass is 10.0. The van der Waals surface area contributed by atoms with E-state index in [9.17, 15) is 9.59 Å². The fraction of sp³-hybridized carbons (Fsp3) is 0.364. The number of anilines is 1. The predicted molar refractivity (Wildman–Crippen MR) is 116 cm³/mol. The maximum atomic E-state index is 12.8. The van der Waals surface area contributed by atoms with Gasteiger partial charge in [0, 0.05) is 25.3 Å². The summed E-state index contributed by atoms with van der Waals surface area (Å²) in [6.07, 6.45) is 0. The van der Waals surface area contributed by atoms with Crippen LogP contribution >= 0.6 is 11.8 Å². The fourth-order valence-electron chi connectivity index (χ4n) is 3.33. The standard InChI is InChI=1S/C22H27N3O2S/c1-17-8-10-19(11-9-17)23-21(26)15-28-16-22(27)25-13-12-24(2)14-20(25)18-6-4-3-5-7-18/h3-11,20H,12-16H2,1-2H3,(H,23,26). The highest BCUT2D eigenvalue weighted by Gasteiger charge is 2.29. The first-order valence-corrected chi connectivity index (χ1v) is 10.7. The highest BCUT2D eigenvalue weighted by Crippen LogP contribution is 2.25. The van der Waals surface area contributed by atoms with E-state index >= 15 is 0 Å². The Hall–Kier alpha value is -2.31. The van der Waals surface area contributed by atoms with Crippen LogP contribution in [-0.2, 0) is 9.59 Å². The van der Waals surface area contributed by atoms with Crippen LogP contribution < -0.4 is 5.32 Å². The Kier molecular flexibility index (Phi) is 7.12. The molecule has 1 unspecified atom stereocenters. The lowest BCUT2D eigenvalue weighted by Gasteiger charge is -2.40. The summed E-state index contributed by atoms with van der Waals surface area (Å²) in [5, 5.41) is 2.87. The quantitative estimate of drug-likeness (QED) is 0.813. The molecular weight excluding hydrogens is 370 g/mol. The average Bonchev–Trinajstić information content (AvgIpc) is 2.70. The van der Waals surface area contributed by atoms with Gasteiger partial charge < -0.3 is 15.1 Å². The van der Waals surface area contributed by atoms with Gasteiger partial charge in [0.05, 0.1) is 17.5 Å². The van der Waals surface area contributed by atoms with Crippen LogP contribution in [0.25, 0.3) is 0 Å². The third-order valence-electron chi connectivity index (χ3n) is 4.88. The van der Waals surface area contributed by atoms with Gasteiger partial charge in [0.15, 0.2) is 0 Å². The van der Waals surface area contributed by atoms with Crippen LogP contribution in [0.5, 0.6) is 0 Å². The third kappa shape index (κ3) is 5.59. The van der Waals surface area contributed by atoms with E-state index < -0.39 is 0 Å². The molecule has 1 fully saturated rings. The highest BCUT2D eigenvalue weighted by molar-refractivity contribution is 8.00. The number of amides is 2. The topological polar surface area (TPSA) is 52.7 Å². The van der Waals surface area contributed by atoms with Gasteiger partial charge in [-0.05, 0) is 31.7 Å². The average molecular weight is 398 g/mol. The van der Waals surface area contributed by atoms with E-state index in [-0.39, 0.29) is 23.6 Å². The van der Waals surface area contributed by atoms with Crippen LogP contribution in [0.3, 0.4) is 0 Å². The summed E-state index contributed by atoms with van der Waals surface area (Å²) < 4.78 is 0. The Balaban J connectivity index is 1.51. The molecule has 28 heavy (non-hydrogen) atoms. The van der Waals surface area contributed by atoms with Gasteiger partial charge in [-0.3, -0.25) is 9.59 Å². The van der Waals surface area contributed by atoms with Crippen molar-refractivity contribution in [2.75, 3.05) is 43.5 Å². The van der Waals surface area contributed by atoms with Crippen molar-refractivity contribution in [3.8, 4) is 0 Å². The molecule has 0 aliphatic carbocycles. The molecule has 1 atom stereocenters. The number of aryl methyl sites for hydroxylation is 1. The van der Waals surface area contributed by atoms with E-state index in [2.05, 4.69) is 29.4 Å². The monoisotopic (exact) mass is 397 g/mol. The lowest BCUT2D eigenvalue weighted by Crippen LogP contribution is -2.49. The van der Waals surface area contributed by atoms with Crippen molar-refractivity contribution in [2.24, 2.45) is 0 Å². The van der Waals surface area contributed by atoms with Crippen LogP contribution in [0.1, 0.15) is 17.2 Å². The van der Waals surface area contributed by atoms with Gasteiger partial charge in [-0.15, -0.1) is 11.8 Å². The molecular formula is C22H27N3O2S. The molecule has 1 aliphatic rings. The van der Waals surface area contributed by atoms with E-state index in [1.54, 1.807) is 0 Å². The minimum Gasteiger partial charge on any atom is -0.332 e. The van der Waals surface area contributed by atoms with Gasteiger partial charge in [0.25, 0.3) is 0 Å². The summed E-state index contributed by atoms with van der Waals surface area (Å²) in [5.41, 5.74) is 3.09. The second kappa shape index (κ2) is 9.75. The molecule has 1 aliphatic heterocycles. The predicted octanol–water partition coefficient (Wildman–Crippen LogP) is 3.18. The molecule has 0 bridgehead atoms. The van der Waals surface area contributed by atoms with Crippen molar-refractivity contribution in [2.45, 2.75) is 13.0 Å². The van der Waals surface area contributed by atoms with Gasteiger partial charge in [-0.2, -0.15) is 0 Å². The Morgan fingerprint density at radius 2 is 1.75 bits per heavy atom. The van der Waals surface area contributed by atoms with Gasteiger partial charge in [-0.25, -0.2) is 0 Å². The minimum absolute atomic E-state index is 0.0643. The maximum Gasteiger partial charge on any atom is 0.234 e. The molecule has 0 radical (unpaired) electrons. The van der Waals surface area contributed by atoms with Crippen molar-refractivity contribution in [1.29, 1.82) is 0 Å². The molecule has 6 heteroatoms. The number of hydrogen-bond acceptors (Lipinski definition) is 4. The van der Waals surface area contributed by atoms with Gasteiger partial charge in [0.2, 0.25) is 11.8 Å². The number of nitrogens with zero attached hydrogens (tertiary/aromatic N) is 2. The number of likely N-dealkylation sites (N-methyl/N-ethyl adjacent to an activating group) is 1. The Labute approximate surface area is 171 Å². The zero-order valence-electron chi connectivity index (χ0n) is 16.4. The Morgan fingerprint density at radius 1 is 1.04 bits per heavy atom. The number of benzene rings is 2. The molecule has 1 N–H and O–H groups in total. The maximum absolute atomic E-state index is 12.8. The van der Waals surface area contributed by atoms with E-state index in [1.165, 1.54) is 11.8 Å². The SMILES string of the molecule is Cc1ccc(NC(=O)CSCC(=O)N2CCN(C)CC2c2ccccc2)cc1. The van der Waals surface area contributed by atoms with Crippen molar-refractivity contribution in [1.82, 2.24) is 9.80 Å². The summed E-state index contributed by atoms with van der Waals surface area (Å²) in [6, 6.07) is 17.9. The van der Waals surface area contributed by atoms with Crippen molar-refractivity contribution < 1.29 is 9.59 Å². The first kappa shape index (κ1) is 20.4. The zero-order chi connectivity index (χ0) is 19.9. The molecule has 0 aromatic heterocycles. The highest BCUT2D eigenvalue weighted by atomic mass is 32.2. The number of hydrogen-bond donors (Lipinski definition) is 1. The molecule has 2 amide bonds. The summed E-state index contributed by atoms with van der Waals surface area (Å²) in [5.74, 6) is 0.590. The van der Waals surface area contributed by atoms with Crippen molar-refractivity contribution in [3.05, 3.63) is 65.7 Å². The van der Waals surface area contributed by atoms with Gasteiger partial charge in [0.1, 0.15) is 0 Å². The fourth-order valence-corrected chi connectivity index (χ4v) is 4.03. The van der Waals surface area contributed by atoms with E-state index in [0.29, 0.717) is 12.3 Å². The van der Waals surface area contributed by atoms with Crippen LogP contribution in [0.2, 0.25) is 0 Å². The van der Waals surface area contributed by atoms with Crippen molar-refractivity contribution in [3.63, 3.8) is 0 Å². The number of carbonyl (C=O) groups excluding carboxylic acids is 2. The first-order chi connectivity index (χ1) is 13.5. The van der Waals surface area contributed by atoms with Crippen LogP contribution in [-0.4, -0.2) is 59.8 Å². The summed E-state index contributed by atoms with van der Waals surface area (Å²) in [6.45, 7) is 4.42. The van der Waals surface area contributed by atoms with Crippen LogP contribution in [0.15, 0.2) is 54.6 Å². The normalized spacial score (nSPS) is 17.4. The lowest BCUT2D eigenvalue weighted by molar-refractivity contribution is -0.133. The van der Waals surface area contributed by atoms with Crippen molar-refractivity contribution >= 4 is 29.3 Å². The number of piperazine rings is 1. The van der Waals surface area contributed by atoms with Gasteiger partial charge >= 0.3 is 0 Å². The third-order valence-corrected chi connectivity index (χ3v) is 5.80. The van der Waals surface area contributed by atoms with Crippen LogP contribution in [0.4, 0.5) is 5.69 Å². The van der Waals surface area contributed by atoms with E-state index in [1.807, 2.05) is 54.3 Å². The Morgan fingerprint density at radius 3 is 2.46 bits per heavy atom. The Bertz CT molecular complexity index is 795. The number of thioether (sulfide) groups is 1. The molecule has 3 rings (SSSR count). The number of carbonyl (C=O) groups is 2. The summed E-state index contributed by atoms with van der Waals surface area (Å²) in [7, 11) is 2.09.